The normalized spacial score (nSPS) is 30.6. The van der Waals surface area contributed by atoms with Gasteiger partial charge in [0.25, 0.3) is 0 Å². The van der Waals surface area contributed by atoms with Crippen LogP contribution in [0.1, 0.15) is 46.0 Å². The molecule has 0 bridgehead atoms. The monoisotopic (exact) mass is 236 g/mol. The van der Waals surface area contributed by atoms with Gasteiger partial charge in [-0.1, -0.05) is 39.2 Å². The van der Waals surface area contributed by atoms with E-state index >= 15 is 0 Å². The first-order valence-corrected chi connectivity index (χ1v) is 7.31. The summed E-state index contributed by atoms with van der Waals surface area (Å²) in [4.78, 5) is 2.67. The third-order valence-corrected chi connectivity index (χ3v) is 4.89. The van der Waals surface area contributed by atoms with Gasteiger partial charge in [0.2, 0.25) is 0 Å². The molecular weight excluding hydrogens is 208 g/mol. The molecule has 2 atom stereocenters. The second-order valence-electron chi connectivity index (χ2n) is 6.04. The molecule has 1 spiro atoms. The van der Waals surface area contributed by atoms with E-state index in [1.165, 1.54) is 45.2 Å². The van der Waals surface area contributed by atoms with Gasteiger partial charge in [0.05, 0.1) is 0 Å². The number of hydrogen-bond acceptors (Lipinski definition) is 2. The van der Waals surface area contributed by atoms with Crippen molar-refractivity contribution in [1.82, 2.24) is 10.2 Å². The molecule has 2 rings (SSSR count). The zero-order valence-electron chi connectivity index (χ0n) is 11.5. The maximum absolute atomic E-state index is 3.93. The van der Waals surface area contributed by atoms with E-state index in [-0.39, 0.29) is 0 Å². The van der Waals surface area contributed by atoms with Gasteiger partial charge in [-0.25, -0.2) is 0 Å². The fourth-order valence-electron chi connectivity index (χ4n) is 3.60. The van der Waals surface area contributed by atoms with Crippen LogP contribution in [0.2, 0.25) is 0 Å². The molecule has 1 saturated heterocycles. The molecule has 1 aliphatic heterocycles. The van der Waals surface area contributed by atoms with Crippen LogP contribution in [0.5, 0.6) is 0 Å². The fourth-order valence-corrected chi connectivity index (χ4v) is 3.60. The van der Waals surface area contributed by atoms with Gasteiger partial charge in [-0.15, -0.1) is 6.58 Å². The highest BCUT2D eigenvalue weighted by Gasteiger charge is 2.41. The molecule has 0 radical (unpaired) electrons. The third-order valence-electron chi connectivity index (χ3n) is 4.89. The van der Waals surface area contributed by atoms with Crippen LogP contribution in [-0.4, -0.2) is 36.1 Å². The molecule has 1 N–H and O–H groups in total. The van der Waals surface area contributed by atoms with Gasteiger partial charge in [0, 0.05) is 31.2 Å². The quantitative estimate of drug-likeness (QED) is 0.755. The zero-order valence-corrected chi connectivity index (χ0v) is 11.5. The lowest BCUT2D eigenvalue weighted by molar-refractivity contribution is 0.0619. The Morgan fingerprint density at radius 2 is 2.18 bits per heavy atom. The van der Waals surface area contributed by atoms with Gasteiger partial charge in [0.1, 0.15) is 0 Å². The molecule has 2 unspecified atom stereocenters. The summed E-state index contributed by atoms with van der Waals surface area (Å²) in [5, 5.41) is 3.87. The average Bonchev–Trinajstić information content (AvgIpc) is 2.77. The van der Waals surface area contributed by atoms with Gasteiger partial charge in [-0.05, 0) is 18.8 Å². The standard InChI is InChI=1S/C15H28N2/c1-4-10-17-12-15(8-6-7-9-15)16-11-14(17)13(3)5-2/h4,13-14,16H,1,5-12H2,2-3H3. The summed E-state index contributed by atoms with van der Waals surface area (Å²) in [5.41, 5.74) is 0.437. The Morgan fingerprint density at radius 3 is 2.76 bits per heavy atom. The highest BCUT2D eigenvalue weighted by Crippen LogP contribution is 2.34. The number of nitrogens with one attached hydrogen (secondary N) is 1. The van der Waals surface area contributed by atoms with Crippen LogP contribution in [0.25, 0.3) is 0 Å². The molecule has 0 aromatic heterocycles. The molecular formula is C15H28N2. The SMILES string of the molecule is C=CCN1CC2(CCCC2)NCC1C(C)CC. The second-order valence-corrected chi connectivity index (χ2v) is 6.04. The van der Waals surface area contributed by atoms with E-state index in [2.05, 4.69) is 36.7 Å². The fraction of sp³-hybridized carbons (Fsp3) is 0.867. The van der Waals surface area contributed by atoms with E-state index < -0.39 is 0 Å². The molecule has 2 aliphatic rings. The van der Waals surface area contributed by atoms with E-state index in [4.69, 9.17) is 0 Å². The van der Waals surface area contributed by atoms with E-state index in [0.717, 1.165) is 12.5 Å². The van der Waals surface area contributed by atoms with Crippen molar-refractivity contribution < 1.29 is 0 Å². The van der Waals surface area contributed by atoms with Crippen LogP contribution in [0, 0.1) is 5.92 Å². The topological polar surface area (TPSA) is 15.3 Å². The van der Waals surface area contributed by atoms with Gasteiger partial charge in [-0.3, -0.25) is 4.90 Å². The Balaban J connectivity index is 2.04. The van der Waals surface area contributed by atoms with Crippen LogP contribution < -0.4 is 5.32 Å². The maximum Gasteiger partial charge on any atom is 0.0309 e. The number of hydrogen-bond donors (Lipinski definition) is 1. The first kappa shape index (κ1) is 13.1. The first-order chi connectivity index (χ1) is 8.21. The van der Waals surface area contributed by atoms with Crippen molar-refractivity contribution in [2.75, 3.05) is 19.6 Å². The Hall–Kier alpha value is -0.340. The Morgan fingerprint density at radius 1 is 1.47 bits per heavy atom. The van der Waals surface area contributed by atoms with Gasteiger partial charge in [0.15, 0.2) is 0 Å². The summed E-state index contributed by atoms with van der Waals surface area (Å²) in [7, 11) is 0. The van der Waals surface area contributed by atoms with E-state index in [1.54, 1.807) is 0 Å². The van der Waals surface area contributed by atoms with E-state index in [0.29, 0.717) is 11.6 Å². The highest BCUT2D eigenvalue weighted by molar-refractivity contribution is 5.02. The molecule has 98 valence electrons. The lowest BCUT2D eigenvalue weighted by Crippen LogP contribution is -2.64. The molecule has 2 nitrogen and oxygen atoms in total. The Bertz CT molecular complexity index is 256. The molecule has 1 saturated carbocycles. The number of rotatable bonds is 4. The first-order valence-electron chi connectivity index (χ1n) is 7.31. The van der Waals surface area contributed by atoms with Crippen molar-refractivity contribution in [1.29, 1.82) is 0 Å². The van der Waals surface area contributed by atoms with Crippen LogP contribution in [0.15, 0.2) is 12.7 Å². The smallest absolute Gasteiger partial charge is 0.0309 e. The minimum atomic E-state index is 0.437. The van der Waals surface area contributed by atoms with E-state index in [9.17, 15) is 0 Å². The van der Waals surface area contributed by atoms with Crippen molar-refractivity contribution in [2.24, 2.45) is 5.92 Å². The molecule has 0 amide bonds. The summed E-state index contributed by atoms with van der Waals surface area (Å²) < 4.78 is 0. The zero-order chi connectivity index (χ0) is 12.3. The largest absolute Gasteiger partial charge is 0.308 e. The van der Waals surface area contributed by atoms with E-state index in [1.807, 2.05) is 0 Å². The van der Waals surface area contributed by atoms with Crippen LogP contribution in [0.3, 0.4) is 0 Å². The molecule has 1 heterocycles. The maximum atomic E-state index is 3.93. The Labute approximate surface area is 106 Å². The third kappa shape index (κ3) is 2.74. The molecule has 17 heavy (non-hydrogen) atoms. The summed E-state index contributed by atoms with van der Waals surface area (Å²) in [6, 6.07) is 0.698. The lowest BCUT2D eigenvalue weighted by Gasteiger charge is -2.48. The predicted molar refractivity (Wildman–Crippen MR) is 74.2 cm³/mol. The summed E-state index contributed by atoms with van der Waals surface area (Å²) in [6.07, 6.45) is 8.89. The summed E-state index contributed by atoms with van der Waals surface area (Å²) >= 11 is 0. The van der Waals surface area contributed by atoms with Crippen LogP contribution >= 0.6 is 0 Å². The van der Waals surface area contributed by atoms with Crippen molar-refractivity contribution >= 4 is 0 Å². The molecule has 2 heteroatoms. The van der Waals surface area contributed by atoms with Crippen molar-refractivity contribution in [2.45, 2.75) is 57.5 Å². The minimum absolute atomic E-state index is 0.437. The molecule has 0 aromatic rings. The van der Waals surface area contributed by atoms with Gasteiger partial charge >= 0.3 is 0 Å². The van der Waals surface area contributed by atoms with Crippen LogP contribution in [0.4, 0.5) is 0 Å². The summed E-state index contributed by atoms with van der Waals surface area (Å²) in [5.74, 6) is 0.779. The molecule has 2 fully saturated rings. The van der Waals surface area contributed by atoms with Crippen LogP contribution in [-0.2, 0) is 0 Å². The minimum Gasteiger partial charge on any atom is -0.308 e. The lowest BCUT2D eigenvalue weighted by atomic mass is 9.87. The van der Waals surface area contributed by atoms with Crippen molar-refractivity contribution in [3.8, 4) is 0 Å². The van der Waals surface area contributed by atoms with Crippen molar-refractivity contribution in [3.63, 3.8) is 0 Å². The predicted octanol–water partition coefficient (Wildman–Crippen LogP) is 2.81. The average molecular weight is 236 g/mol. The second kappa shape index (κ2) is 5.53. The highest BCUT2D eigenvalue weighted by atomic mass is 15.3. The Kier molecular flexibility index (Phi) is 4.26. The molecule has 0 aromatic carbocycles. The molecule has 1 aliphatic carbocycles. The van der Waals surface area contributed by atoms with Gasteiger partial charge < -0.3 is 5.32 Å². The number of piperazine rings is 1. The summed E-state index contributed by atoms with van der Waals surface area (Å²) in [6.45, 7) is 12.1. The van der Waals surface area contributed by atoms with Crippen molar-refractivity contribution in [3.05, 3.63) is 12.7 Å². The van der Waals surface area contributed by atoms with Gasteiger partial charge in [-0.2, -0.15) is 0 Å². The number of nitrogens with zero attached hydrogens (tertiary/aromatic N) is 1.